The van der Waals surface area contributed by atoms with Crippen LogP contribution in [0.4, 0.5) is 4.39 Å². The highest BCUT2D eigenvalue weighted by Gasteiger charge is 2.18. The number of nitrogens with one attached hydrogen (secondary N) is 2. The second-order valence-electron chi connectivity index (χ2n) is 4.75. The first-order valence-corrected chi connectivity index (χ1v) is 8.42. The third-order valence-electron chi connectivity index (χ3n) is 2.99. The minimum atomic E-state index is -3.76. The molecular weight excluding hydrogens is 279 g/mol. The first kappa shape index (κ1) is 17.1. The van der Waals surface area contributed by atoms with Gasteiger partial charge in [0, 0.05) is 13.1 Å². The van der Waals surface area contributed by atoms with Crippen molar-refractivity contribution in [3.63, 3.8) is 0 Å². The summed E-state index contributed by atoms with van der Waals surface area (Å²) in [6.45, 7) is 2.94. The summed E-state index contributed by atoms with van der Waals surface area (Å²) in [6, 6.07) is 4.18. The molecule has 1 aromatic carbocycles. The predicted molar refractivity (Wildman–Crippen MR) is 78.5 cm³/mol. The van der Waals surface area contributed by atoms with Crippen molar-refractivity contribution in [1.29, 1.82) is 0 Å². The highest BCUT2D eigenvalue weighted by atomic mass is 32.2. The molecule has 0 amide bonds. The molecule has 0 atom stereocenters. The number of benzene rings is 1. The molecule has 0 radical (unpaired) electrons. The van der Waals surface area contributed by atoms with Gasteiger partial charge in [-0.3, -0.25) is 0 Å². The van der Waals surface area contributed by atoms with E-state index >= 15 is 0 Å². The molecule has 0 aliphatic carbocycles. The maximum atomic E-state index is 13.9. The molecule has 0 saturated heterocycles. The zero-order chi connectivity index (χ0) is 15.0. The van der Waals surface area contributed by atoms with Crippen LogP contribution >= 0.6 is 0 Å². The zero-order valence-electron chi connectivity index (χ0n) is 12.1. The van der Waals surface area contributed by atoms with Gasteiger partial charge in [0.05, 0.1) is 0 Å². The third kappa shape index (κ3) is 5.19. The lowest BCUT2D eigenvalue weighted by Crippen LogP contribution is -2.25. The Morgan fingerprint density at radius 1 is 1.20 bits per heavy atom. The molecule has 0 heterocycles. The minimum absolute atomic E-state index is 0.284. The van der Waals surface area contributed by atoms with Gasteiger partial charge in [-0.15, -0.1) is 0 Å². The summed E-state index contributed by atoms with van der Waals surface area (Å²) in [5, 5.41) is 2.89. The number of halogens is 1. The molecule has 0 unspecified atom stereocenters. The number of hydrogen-bond acceptors (Lipinski definition) is 3. The minimum Gasteiger partial charge on any atom is -0.316 e. The van der Waals surface area contributed by atoms with Gasteiger partial charge >= 0.3 is 0 Å². The van der Waals surface area contributed by atoms with Gasteiger partial charge in [0.2, 0.25) is 10.0 Å². The number of unbranched alkanes of at least 4 members (excludes halogenated alkanes) is 3. The molecule has 1 aromatic rings. The van der Waals surface area contributed by atoms with E-state index in [1.165, 1.54) is 12.1 Å². The molecule has 0 saturated carbocycles. The highest BCUT2D eigenvalue weighted by molar-refractivity contribution is 7.89. The molecule has 0 aliphatic rings. The Balaban J connectivity index is 2.67. The normalized spacial score (nSPS) is 11.8. The summed E-state index contributed by atoms with van der Waals surface area (Å²) >= 11 is 0. The van der Waals surface area contributed by atoms with E-state index in [1.54, 1.807) is 13.1 Å². The maximum absolute atomic E-state index is 13.9. The van der Waals surface area contributed by atoms with Gasteiger partial charge in [0.25, 0.3) is 0 Å². The van der Waals surface area contributed by atoms with E-state index in [4.69, 9.17) is 0 Å². The molecule has 4 nitrogen and oxygen atoms in total. The molecule has 0 spiro atoms. The molecular formula is C14H23FN2O2S. The summed E-state index contributed by atoms with van der Waals surface area (Å²) < 4.78 is 40.3. The van der Waals surface area contributed by atoms with Crippen LogP contribution in [0.2, 0.25) is 0 Å². The zero-order valence-corrected chi connectivity index (χ0v) is 12.9. The van der Waals surface area contributed by atoms with Crippen molar-refractivity contribution in [3.05, 3.63) is 29.6 Å². The Labute approximate surface area is 120 Å². The van der Waals surface area contributed by atoms with Crippen LogP contribution in [-0.2, 0) is 16.6 Å². The fourth-order valence-corrected chi connectivity index (χ4v) is 3.04. The predicted octanol–water partition coefficient (Wildman–Crippen LogP) is 2.40. The Morgan fingerprint density at radius 3 is 2.55 bits per heavy atom. The quantitative estimate of drug-likeness (QED) is 0.689. The first-order chi connectivity index (χ1) is 9.51. The van der Waals surface area contributed by atoms with Crippen LogP contribution in [0.3, 0.4) is 0 Å². The summed E-state index contributed by atoms with van der Waals surface area (Å²) in [5.74, 6) is -0.709. The van der Waals surface area contributed by atoms with E-state index in [0.29, 0.717) is 18.7 Å². The lowest BCUT2D eigenvalue weighted by atomic mass is 10.2. The molecule has 1 rings (SSSR count). The summed E-state index contributed by atoms with van der Waals surface area (Å²) in [6.07, 6.45) is 3.91. The second kappa shape index (κ2) is 8.34. The van der Waals surface area contributed by atoms with Gasteiger partial charge in [-0.25, -0.2) is 17.5 Å². The van der Waals surface area contributed by atoms with Crippen molar-refractivity contribution < 1.29 is 12.8 Å². The number of sulfonamides is 1. The largest absolute Gasteiger partial charge is 0.316 e. The average Bonchev–Trinajstić information content (AvgIpc) is 2.38. The number of rotatable bonds is 9. The Morgan fingerprint density at radius 2 is 1.95 bits per heavy atom. The van der Waals surface area contributed by atoms with Gasteiger partial charge in [0.1, 0.15) is 10.7 Å². The molecule has 114 valence electrons. The molecule has 0 aliphatic heterocycles. The van der Waals surface area contributed by atoms with Crippen molar-refractivity contribution in [2.75, 3.05) is 13.6 Å². The van der Waals surface area contributed by atoms with Crippen LogP contribution in [0.1, 0.15) is 38.2 Å². The van der Waals surface area contributed by atoms with Crippen LogP contribution in [0.5, 0.6) is 0 Å². The Hall–Kier alpha value is -0.980. The van der Waals surface area contributed by atoms with E-state index in [-0.39, 0.29) is 4.90 Å². The van der Waals surface area contributed by atoms with Crippen molar-refractivity contribution in [1.82, 2.24) is 10.0 Å². The Kier molecular flexibility index (Phi) is 7.12. The van der Waals surface area contributed by atoms with Gasteiger partial charge in [-0.2, -0.15) is 0 Å². The van der Waals surface area contributed by atoms with Crippen molar-refractivity contribution in [2.45, 2.75) is 44.0 Å². The second-order valence-corrected chi connectivity index (χ2v) is 6.49. The van der Waals surface area contributed by atoms with Crippen LogP contribution in [-0.4, -0.2) is 22.0 Å². The fraction of sp³-hybridized carbons (Fsp3) is 0.571. The lowest BCUT2D eigenvalue weighted by molar-refractivity contribution is 0.551. The summed E-state index contributed by atoms with van der Waals surface area (Å²) in [7, 11) is -2.00. The van der Waals surface area contributed by atoms with Gasteiger partial charge in [-0.05, 0) is 31.2 Å². The van der Waals surface area contributed by atoms with Crippen LogP contribution in [0, 0.1) is 5.82 Å². The summed E-state index contributed by atoms with van der Waals surface area (Å²) in [4.78, 5) is -0.284. The number of hydrogen-bond donors (Lipinski definition) is 2. The molecule has 6 heteroatoms. The van der Waals surface area contributed by atoms with E-state index in [9.17, 15) is 12.8 Å². The van der Waals surface area contributed by atoms with Crippen molar-refractivity contribution in [2.24, 2.45) is 0 Å². The molecule has 2 N–H and O–H groups in total. The summed E-state index contributed by atoms with van der Waals surface area (Å²) in [5.41, 5.74) is 0.715. The van der Waals surface area contributed by atoms with Gasteiger partial charge in [0.15, 0.2) is 0 Å². The molecule has 0 bridgehead atoms. The highest BCUT2D eigenvalue weighted by Crippen LogP contribution is 2.16. The standard InChI is InChI=1S/C14H23FN2O2S/c1-3-4-5-6-9-17-20(18,19)14-8-7-12(11-16-2)10-13(14)15/h7-8,10,16-17H,3-6,9,11H2,1-2H3. The van der Waals surface area contributed by atoms with Crippen LogP contribution in [0.15, 0.2) is 23.1 Å². The smallest absolute Gasteiger partial charge is 0.243 e. The monoisotopic (exact) mass is 302 g/mol. The van der Waals surface area contributed by atoms with Gasteiger partial charge in [-0.1, -0.05) is 32.3 Å². The van der Waals surface area contributed by atoms with Crippen molar-refractivity contribution >= 4 is 10.0 Å². The molecule has 0 fully saturated rings. The SMILES string of the molecule is CCCCCCNS(=O)(=O)c1ccc(CNC)cc1F. The topological polar surface area (TPSA) is 58.2 Å². The maximum Gasteiger partial charge on any atom is 0.243 e. The lowest BCUT2D eigenvalue weighted by Gasteiger charge is -2.09. The third-order valence-corrected chi connectivity index (χ3v) is 4.48. The fourth-order valence-electron chi connectivity index (χ4n) is 1.91. The van der Waals surface area contributed by atoms with E-state index < -0.39 is 15.8 Å². The van der Waals surface area contributed by atoms with Crippen molar-refractivity contribution in [3.8, 4) is 0 Å². The average molecular weight is 302 g/mol. The van der Waals surface area contributed by atoms with Gasteiger partial charge < -0.3 is 5.32 Å². The molecule has 20 heavy (non-hydrogen) atoms. The first-order valence-electron chi connectivity index (χ1n) is 6.94. The van der Waals surface area contributed by atoms with Crippen LogP contribution in [0.25, 0.3) is 0 Å². The Bertz CT molecular complexity index is 518. The molecule has 0 aromatic heterocycles. The van der Waals surface area contributed by atoms with Crippen LogP contribution < -0.4 is 10.0 Å². The van der Waals surface area contributed by atoms with E-state index in [1.807, 2.05) is 0 Å². The van der Waals surface area contributed by atoms with E-state index in [0.717, 1.165) is 25.7 Å². The van der Waals surface area contributed by atoms with E-state index in [2.05, 4.69) is 17.0 Å².